The summed E-state index contributed by atoms with van der Waals surface area (Å²) in [6, 6.07) is 0.192. The summed E-state index contributed by atoms with van der Waals surface area (Å²) >= 11 is 0. The quantitative estimate of drug-likeness (QED) is 0.732. The Morgan fingerprint density at radius 3 is 2.08 bits per heavy atom. The molecular weight excluding hydrogens is 162 g/mol. The molecule has 78 valence electrons. The normalized spacial score (nSPS) is 24.7. The summed E-state index contributed by atoms with van der Waals surface area (Å²) in [4.78, 5) is 0. The first kappa shape index (κ1) is 11.0. The third-order valence-corrected chi connectivity index (χ3v) is 3.43. The summed E-state index contributed by atoms with van der Waals surface area (Å²) in [7, 11) is 1.81. The number of rotatable bonds is 3. The predicted octanol–water partition coefficient (Wildman–Crippen LogP) is 2.32. The summed E-state index contributed by atoms with van der Waals surface area (Å²) in [6.07, 6.45) is 6.17. The molecule has 1 saturated carbocycles. The molecule has 2 N–H and O–H groups in total. The van der Waals surface area contributed by atoms with E-state index >= 15 is 0 Å². The van der Waals surface area contributed by atoms with Crippen LogP contribution in [0.5, 0.6) is 0 Å². The number of ether oxygens (including phenoxy) is 1. The van der Waals surface area contributed by atoms with Crippen LogP contribution in [0.4, 0.5) is 0 Å². The SMILES string of the molecule is COC1(C(N)C(C)C)CCCCC1. The Kier molecular flexibility index (Phi) is 3.74. The molecule has 1 atom stereocenters. The average Bonchev–Trinajstić information content (AvgIpc) is 2.17. The molecule has 2 heteroatoms. The zero-order valence-corrected chi connectivity index (χ0v) is 9.18. The van der Waals surface area contributed by atoms with Crippen LogP contribution in [-0.2, 0) is 4.74 Å². The van der Waals surface area contributed by atoms with Gasteiger partial charge in [0, 0.05) is 13.2 Å². The van der Waals surface area contributed by atoms with Crippen LogP contribution >= 0.6 is 0 Å². The molecule has 0 radical (unpaired) electrons. The molecular formula is C11H23NO. The standard InChI is InChI=1S/C11H23NO/c1-9(2)10(12)11(13-3)7-5-4-6-8-11/h9-10H,4-8,12H2,1-3H3. The predicted molar refractivity (Wildman–Crippen MR) is 55.6 cm³/mol. The molecule has 1 aliphatic carbocycles. The maximum Gasteiger partial charge on any atom is 0.0831 e. The minimum atomic E-state index is -0.0214. The zero-order valence-electron chi connectivity index (χ0n) is 9.18. The minimum Gasteiger partial charge on any atom is -0.377 e. The zero-order chi connectivity index (χ0) is 9.90. The number of methoxy groups -OCH3 is 1. The van der Waals surface area contributed by atoms with E-state index in [0.717, 1.165) is 12.8 Å². The van der Waals surface area contributed by atoms with E-state index in [4.69, 9.17) is 10.5 Å². The van der Waals surface area contributed by atoms with Crippen molar-refractivity contribution in [3.05, 3.63) is 0 Å². The van der Waals surface area contributed by atoms with Crippen LogP contribution in [0, 0.1) is 5.92 Å². The summed E-state index contributed by atoms with van der Waals surface area (Å²) in [5.74, 6) is 0.512. The lowest BCUT2D eigenvalue weighted by Crippen LogP contribution is -2.53. The van der Waals surface area contributed by atoms with Crippen LogP contribution in [0.2, 0.25) is 0 Å². The van der Waals surface area contributed by atoms with E-state index in [-0.39, 0.29) is 11.6 Å². The second-order valence-corrected chi connectivity index (χ2v) is 4.60. The van der Waals surface area contributed by atoms with Gasteiger partial charge in [-0.25, -0.2) is 0 Å². The van der Waals surface area contributed by atoms with Gasteiger partial charge in [0.25, 0.3) is 0 Å². The van der Waals surface area contributed by atoms with Crippen LogP contribution in [0.1, 0.15) is 46.0 Å². The first-order valence-electron chi connectivity index (χ1n) is 5.43. The second-order valence-electron chi connectivity index (χ2n) is 4.60. The summed E-state index contributed by atoms with van der Waals surface area (Å²) in [6.45, 7) is 4.36. The van der Waals surface area contributed by atoms with Crippen molar-refractivity contribution >= 4 is 0 Å². The van der Waals surface area contributed by atoms with E-state index in [1.54, 1.807) is 0 Å². The third kappa shape index (κ3) is 2.23. The number of nitrogens with two attached hydrogens (primary N) is 1. The van der Waals surface area contributed by atoms with Gasteiger partial charge in [0.1, 0.15) is 0 Å². The average molecular weight is 185 g/mol. The highest BCUT2D eigenvalue weighted by Gasteiger charge is 2.39. The first-order valence-corrected chi connectivity index (χ1v) is 5.43. The van der Waals surface area contributed by atoms with Gasteiger partial charge < -0.3 is 10.5 Å². The maximum atomic E-state index is 6.21. The molecule has 1 aliphatic rings. The minimum absolute atomic E-state index is 0.0214. The molecule has 0 spiro atoms. The lowest BCUT2D eigenvalue weighted by Gasteiger charge is -2.42. The van der Waals surface area contributed by atoms with Crippen molar-refractivity contribution in [1.82, 2.24) is 0 Å². The lowest BCUT2D eigenvalue weighted by molar-refractivity contribution is -0.0682. The van der Waals surface area contributed by atoms with E-state index in [0.29, 0.717) is 5.92 Å². The summed E-state index contributed by atoms with van der Waals surface area (Å²) < 4.78 is 5.68. The lowest BCUT2D eigenvalue weighted by atomic mass is 9.76. The van der Waals surface area contributed by atoms with Crippen molar-refractivity contribution in [2.45, 2.75) is 57.6 Å². The highest BCUT2D eigenvalue weighted by molar-refractivity contribution is 4.94. The molecule has 1 unspecified atom stereocenters. The van der Waals surface area contributed by atoms with Crippen LogP contribution < -0.4 is 5.73 Å². The van der Waals surface area contributed by atoms with Crippen LogP contribution in [-0.4, -0.2) is 18.8 Å². The van der Waals surface area contributed by atoms with Gasteiger partial charge >= 0.3 is 0 Å². The molecule has 0 heterocycles. The molecule has 0 aromatic carbocycles. The van der Waals surface area contributed by atoms with Gasteiger partial charge in [0.05, 0.1) is 5.60 Å². The van der Waals surface area contributed by atoms with Gasteiger partial charge in [-0.2, -0.15) is 0 Å². The van der Waals surface area contributed by atoms with Crippen molar-refractivity contribution in [1.29, 1.82) is 0 Å². The number of hydrogen-bond acceptors (Lipinski definition) is 2. The van der Waals surface area contributed by atoms with E-state index in [2.05, 4.69) is 13.8 Å². The van der Waals surface area contributed by atoms with Gasteiger partial charge in [0.2, 0.25) is 0 Å². The molecule has 0 amide bonds. The molecule has 0 aliphatic heterocycles. The van der Waals surface area contributed by atoms with E-state index in [1.165, 1.54) is 19.3 Å². The molecule has 13 heavy (non-hydrogen) atoms. The Morgan fingerprint density at radius 2 is 1.69 bits per heavy atom. The van der Waals surface area contributed by atoms with Gasteiger partial charge in [0.15, 0.2) is 0 Å². The molecule has 0 bridgehead atoms. The van der Waals surface area contributed by atoms with Crippen LogP contribution in [0.3, 0.4) is 0 Å². The van der Waals surface area contributed by atoms with Gasteiger partial charge in [-0.1, -0.05) is 33.1 Å². The van der Waals surface area contributed by atoms with Crippen molar-refractivity contribution in [2.75, 3.05) is 7.11 Å². The maximum absolute atomic E-state index is 6.21. The second kappa shape index (κ2) is 4.43. The monoisotopic (exact) mass is 185 g/mol. The molecule has 2 nitrogen and oxygen atoms in total. The Balaban J connectivity index is 2.66. The summed E-state index contributed by atoms with van der Waals surface area (Å²) in [5, 5.41) is 0. The highest BCUT2D eigenvalue weighted by atomic mass is 16.5. The molecule has 1 rings (SSSR count). The Hall–Kier alpha value is -0.0800. The highest BCUT2D eigenvalue weighted by Crippen LogP contribution is 2.35. The largest absolute Gasteiger partial charge is 0.377 e. The van der Waals surface area contributed by atoms with E-state index in [9.17, 15) is 0 Å². The van der Waals surface area contributed by atoms with Gasteiger partial charge in [-0.3, -0.25) is 0 Å². The van der Waals surface area contributed by atoms with E-state index in [1.807, 2.05) is 7.11 Å². The van der Waals surface area contributed by atoms with Crippen molar-refractivity contribution in [3.8, 4) is 0 Å². The molecule has 0 aromatic heterocycles. The molecule has 0 saturated heterocycles. The fourth-order valence-electron chi connectivity index (χ4n) is 2.43. The smallest absolute Gasteiger partial charge is 0.0831 e. The van der Waals surface area contributed by atoms with Crippen molar-refractivity contribution in [3.63, 3.8) is 0 Å². The number of hydrogen-bond donors (Lipinski definition) is 1. The van der Waals surface area contributed by atoms with Crippen LogP contribution in [0.15, 0.2) is 0 Å². The van der Waals surface area contributed by atoms with Crippen molar-refractivity contribution < 1.29 is 4.74 Å². The Morgan fingerprint density at radius 1 is 1.15 bits per heavy atom. The Bertz CT molecular complexity index is 150. The van der Waals surface area contributed by atoms with Gasteiger partial charge in [-0.15, -0.1) is 0 Å². The first-order chi connectivity index (χ1) is 6.12. The van der Waals surface area contributed by atoms with Gasteiger partial charge in [-0.05, 0) is 18.8 Å². The fraction of sp³-hybridized carbons (Fsp3) is 1.00. The molecule has 0 aromatic rings. The summed E-state index contributed by atoms with van der Waals surface area (Å²) in [5.41, 5.74) is 6.19. The van der Waals surface area contributed by atoms with Crippen molar-refractivity contribution in [2.24, 2.45) is 11.7 Å². The fourth-order valence-corrected chi connectivity index (χ4v) is 2.43. The third-order valence-electron chi connectivity index (χ3n) is 3.43. The van der Waals surface area contributed by atoms with Crippen LogP contribution in [0.25, 0.3) is 0 Å². The van der Waals surface area contributed by atoms with E-state index < -0.39 is 0 Å². The topological polar surface area (TPSA) is 35.2 Å². The molecule has 1 fully saturated rings. The Labute approximate surface area is 81.8 Å².